The molecule has 0 saturated heterocycles. The van der Waals surface area contributed by atoms with Crippen molar-refractivity contribution in [3.63, 3.8) is 0 Å². The van der Waals surface area contributed by atoms with Crippen LogP contribution in [0.1, 0.15) is 24.8 Å². The summed E-state index contributed by atoms with van der Waals surface area (Å²) >= 11 is 0. The molecule has 17 heavy (non-hydrogen) atoms. The molecule has 1 aromatic rings. The van der Waals surface area contributed by atoms with Crippen molar-refractivity contribution in [2.24, 2.45) is 0 Å². The number of rotatable bonds is 6. The topological polar surface area (TPSA) is 32.7 Å². The zero-order valence-electron chi connectivity index (χ0n) is 10.4. The molecule has 1 aromatic carbocycles. The highest BCUT2D eigenvalue weighted by Gasteiger charge is 2.24. The van der Waals surface area contributed by atoms with Crippen LogP contribution in [0.5, 0.6) is 5.75 Å². The zero-order valence-corrected chi connectivity index (χ0v) is 10.4. The lowest BCUT2D eigenvalue weighted by atomic mass is 10.0. The SMILES string of the molecule is CCN(CCCO)CC1COc2ccccc21. The van der Waals surface area contributed by atoms with Crippen molar-refractivity contribution >= 4 is 0 Å². The van der Waals surface area contributed by atoms with Gasteiger partial charge >= 0.3 is 0 Å². The van der Waals surface area contributed by atoms with Crippen LogP contribution in [0.3, 0.4) is 0 Å². The monoisotopic (exact) mass is 235 g/mol. The molecule has 0 aromatic heterocycles. The second-order valence-corrected chi connectivity index (χ2v) is 4.52. The number of aliphatic hydroxyl groups excluding tert-OH is 1. The van der Waals surface area contributed by atoms with Gasteiger partial charge in [0.2, 0.25) is 0 Å². The maximum Gasteiger partial charge on any atom is 0.122 e. The Morgan fingerprint density at radius 2 is 2.24 bits per heavy atom. The van der Waals surface area contributed by atoms with Crippen LogP contribution in [0.4, 0.5) is 0 Å². The van der Waals surface area contributed by atoms with E-state index in [1.54, 1.807) is 0 Å². The molecule has 1 unspecified atom stereocenters. The third-order valence-electron chi connectivity index (χ3n) is 3.36. The second kappa shape index (κ2) is 6.03. The summed E-state index contributed by atoms with van der Waals surface area (Å²) in [6.07, 6.45) is 0.850. The lowest BCUT2D eigenvalue weighted by Gasteiger charge is -2.23. The molecule has 0 radical (unpaired) electrons. The minimum Gasteiger partial charge on any atom is -0.493 e. The minimum absolute atomic E-state index is 0.272. The van der Waals surface area contributed by atoms with Crippen LogP contribution < -0.4 is 4.74 Å². The van der Waals surface area contributed by atoms with Crippen LogP contribution in [-0.2, 0) is 0 Å². The molecule has 94 valence electrons. The highest BCUT2D eigenvalue weighted by Crippen LogP contribution is 2.33. The lowest BCUT2D eigenvalue weighted by molar-refractivity contribution is 0.211. The van der Waals surface area contributed by atoms with Crippen LogP contribution in [0.15, 0.2) is 24.3 Å². The standard InChI is InChI=1S/C14H21NO2/c1-2-15(8-5-9-16)10-12-11-17-14-7-4-3-6-13(12)14/h3-4,6-7,12,16H,2,5,8-11H2,1H3. The Morgan fingerprint density at radius 1 is 1.41 bits per heavy atom. The van der Waals surface area contributed by atoms with E-state index in [1.165, 1.54) is 5.56 Å². The fourth-order valence-electron chi connectivity index (χ4n) is 2.36. The maximum absolute atomic E-state index is 8.88. The molecule has 1 atom stereocenters. The van der Waals surface area contributed by atoms with E-state index in [-0.39, 0.29) is 6.61 Å². The summed E-state index contributed by atoms with van der Waals surface area (Å²) in [5.41, 5.74) is 1.33. The minimum atomic E-state index is 0.272. The van der Waals surface area contributed by atoms with Crippen LogP contribution in [0, 0.1) is 0 Å². The summed E-state index contributed by atoms with van der Waals surface area (Å²) < 4.78 is 5.68. The molecule has 0 aliphatic carbocycles. The van der Waals surface area contributed by atoms with Gasteiger partial charge < -0.3 is 14.7 Å². The number of hydrogen-bond donors (Lipinski definition) is 1. The van der Waals surface area contributed by atoms with Crippen molar-refractivity contribution in [2.75, 3.05) is 32.8 Å². The Bertz CT molecular complexity index is 354. The fraction of sp³-hybridized carbons (Fsp3) is 0.571. The van der Waals surface area contributed by atoms with E-state index in [0.717, 1.165) is 38.4 Å². The van der Waals surface area contributed by atoms with Gasteiger partial charge in [0.05, 0.1) is 6.61 Å². The third kappa shape index (κ3) is 2.99. The zero-order chi connectivity index (χ0) is 12.1. The van der Waals surface area contributed by atoms with Gasteiger partial charge in [0.25, 0.3) is 0 Å². The van der Waals surface area contributed by atoms with Gasteiger partial charge in [0, 0.05) is 31.2 Å². The Morgan fingerprint density at radius 3 is 3.00 bits per heavy atom. The molecule has 0 spiro atoms. The number of benzene rings is 1. The first-order valence-corrected chi connectivity index (χ1v) is 6.40. The first kappa shape index (κ1) is 12.4. The van der Waals surface area contributed by atoms with Gasteiger partial charge in [0.1, 0.15) is 5.75 Å². The van der Waals surface area contributed by atoms with Crippen molar-refractivity contribution in [3.05, 3.63) is 29.8 Å². The number of para-hydroxylation sites is 1. The third-order valence-corrected chi connectivity index (χ3v) is 3.36. The molecule has 2 rings (SSSR count). The normalized spacial score (nSPS) is 18.2. The van der Waals surface area contributed by atoms with Gasteiger partial charge in [0.15, 0.2) is 0 Å². The molecule has 1 heterocycles. The van der Waals surface area contributed by atoms with E-state index < -0.39 is 0 Å². The summed E-state index contributed by atoms with van der Waals surface area (Å²) in [6.45, 7) is 6.24. The van der Waals surface area contributed by atoms with Crippen molar-refractivity contribution in [1.82, 2.24) is 4.90 Å². The summed E-state index contributed by atoms with van der Waals surface area (Å²) in [6, 6.07) is 8.29. The van der Waals surface area contributed by atoms with E-state index in [0.29, 0.717) is 5.92 Å². The van der Waals surface area contributed by atoms with E-state index >= 15 is 0 Å². The molecule has 0 bridgehead atoms. The average molecular weight is 235 g/mol. The highest BCUT2D eigenvalue weighted by atomic mass is 16.5. The Labute approximate surface area is 103 Å². The molecule has 0 saturated carbocycles. The summed E-state index contributed by atoms with van der Waals surface area (Å²) in [5.74, 6) is 1.51. The molecule has 0 amide bonds. The van der Waals surface area contributed by atoms with Crippen molar-refractivity contribution in [2.45, 2.75) is 19.3 Å². The number of aliphatic hydroxyl groups is 1. The highest BCUT2D eigenvalue weighted by molar-refractivity contribution is 5.39. The first-order valence-electron chi connectivity index (χ1n) is 6.40. The second-order valence-electron chi connectivity index (χ2n) is 4.52. The van der Waals surface area contributed by atoms with Gasteiger partial charge in [-0.2, -0.15) is 0 Å². The number of likely N-dealkylation sites (N-methyl/N-ethyl adjacent to an activating group) is 1. The molecule has 3 nitrogen and oxygen atoms in total. The Hall–Kier alpha value is -1.06. The summed E-state index contributed by atoms with van der Waals surface area (Å²) in [4.78, 5) is 2.38. The Balaban J connectivity index is 1.95. The fourth-order valence-corrected chi connectivity index (χ4v) is 2.36. The van der Waals surface area contributed by atoms with Gasteiger partial charge in [-0.3, -0.25) is 0 Å². The average Bonchev–Trinajstić information content (AvgIpc) is 2.78. The predicted molar refractivity (Wildman–Crippen MR) is 68.5 cm³/mol. The smallest absolute Gasteiger partial charge is 0.122 e. The van der Waals surface area contributed by atoms with Crippen LogP contribution in [0.25, 0.3) is 0 Å². The lowest BCUT2D eigenvalue weighted by Crippen LogP contribution is -2.30. The van der Waals surface area contributed by atoms with Crippen molar-refractivity contribution in [3.8, 4) is 5.75 Å². The number of hydrogen-bond acceptors (Lipinski definition) is 3. The molecular weight excluding hydrogens is 214 g/mol. The summed E-state index contributed by atoms with van der Waals surface area (Å²) in [7, 11) is 0. The van der Waals surface area contributed by atoms with Gasteiger partial charge in [-0.25, -0.2) is 0 Å². The molecule has 1 N–H and O–H groups in total. The van der Waals surface area contributed by atoms with E-state index in [4.69, 9.17) is 9.84 Å². The van der Waals surface area contributed by atoms with Gasteiger partial charge in [-0.1, -0.05) is 25.1 Å². The van der Waals surface area contributed by atoms with E-state index in [1.807, 2.05) is 12.1 Å². The summed E-state index contributed by atoms with van der Waals surface area (Å²) in [5, 5.41) is 8.88. The molecule has 1 aliphatic heterocycles. The molecule has 1 aliphatic rings. The maximum atomic E-state index is 8.88. The van der Waals surface area contributed by atoms with Crippen LogP contribution in [-0.4, -0.2) is 42.9 Å². The van der Waals surface area contributed by atoms with Gasteiger partial charge in [-0.05, 0) is 19.0 Å². The van der Waals surface area contributed by atoms with Gasteiger partial charge in [-0.15, -0.1) is 0 Å². The predicted octanol–water partition coefficient (Wildman–Crippen LogP) is 1.87. The van der Waals surface area contributed by atoms with Crippen molar-refractivity contribution in [1.29, 1.82) is 0 Å². The molecular formula is C14H21NO2. The van der Waals surface area contributed by atoms with E-state index in [2.05, 4.69) is 24.0 Å². The molecule has 0 fully saturated rings. The number of nitrogens with zero attached hydrogens (tertiary/aromatic N) is 1. The molecule has 3 heteroatoms. The number of ether oxygens (including phenoxy) is 1. The first-order chi connectivity index (χ1) is 8.35. The van der Waals surface area contributed by atoms with E-state index in [9.17, 15) is 0 Å². The Kier molecular flexibility index (Phi) is 4.40. The van der Waals surface area contributed by atoms with Crippen LogP contribution in [0.2, 0.25) is 0 Å². The van der Waals surface area contributed by atoms with Crippen molar-refractivity contribution < 1.29 is 9.84 Å². The number of fused-ring (bicyclic) bond motifs is 1. The largest absolute Gasteiger partial charge is 0.493 e. The van der Waals surface area contributed by atoms with Crippen LogP contribution >= 0.6 is 0 Å². The quantitative estimate of drug-likeness (QED) is 0.817.